The van der Waals surface area contributed by atoms with Gasteiger partial charge in [0.2, 0.25) is 0 Å². The molecule has 1 saturated carbocycles. The lowest BCUT2D eigenvalue weighted by Crippen LogP contribution is -2.38. The second-order valence-electron chi connectivity index (χ2n) is 6.76. The van der Waals surface area contributed by atoms with Crippen LogP contribution in [0.3, 0.4) is 0 Å². The molecule has 0 bridgehead atoms. The summed E-state index contributed by atoms with van der Waals surface area (Å²) in [5.74, 6) is 1.24. The Morgan fingerprint density at radius 2 is 1.95 bits per heavy atom. The fourth-order valence-corrected chi connectivity index (χ4v) is 4.30. The second kappa shape index (κ2) is 5.28. The Morgan fingerprint density at radius 1 is 1.11 bits per heavy atom. The van der Waals surface area contributed by atoms with E-state index in [1.807, 2.05) is 0 Å². The van der Waals surface area contributed by atoms with Crippen molar-refractivity contribution in [3.63, 3.8) is 0 Å². The fourth-order valence-electron chi connectivity index (χ4n) is 4.30. The molecule has 104 valence electrons. The molecule has 1 heteroatoms. The zero-order valence-electron chi connectivity index (χ0n) is 12.1. The van der Waals surface area contributed by atoms with Crippen molar-refractivity contribution in [3.8, 4) is 0 Å². The number of rotatable bonds is 1. The Kier molecular flexibility index (Phi) is 3.66. The van der Waals surface area contributed by atoms with Crippen molar-refractivity contribution in [2.24, 2.45) is 11.8 Å². The lowest BCUT2D eigenvalue weighted by atomic mass is 9.68. The summed E-state index contributed by atoms with van der Waals surface area (Å²) in [5.41, 5.74) is 2.08. The normalized spacial score (nSPS) is 35.5. The van der Waals surface area contributed by atoms with E-state index >= 15 is 0 Å². The molecule has 3 unspecified atom stereocenters. The van der Waals surface area contributed by atoms with Gasteiger partial charge in [0.15, 0.2) is 0 Å². The maximum atomic E-state index is 11.4. The summed E-state index contributed by atoms with van der Waals surface area (Å²) in [7, 11) is 0. The van der Waals surface area contributed by atoms with Crippen LogP contribution in [0.5, 0.6) is 0 Å². The van der Waals surface area contributed by atoms with Crippen molar-refractivity contribution < 1.29 is 5.11 Å². The molecule has 1 nitrogen and oxygen atoms in total. The Hall–Kier alpha value is -0.820. The third kappa shape index (κ3) is 2.45. The summed E-state index contributed by atoms with van der Waals surface area (Å²) in [6.07, 6.45) is 9.52. The number of aliphatic hydroxyl groups is 1. The van der Waals surface area contributed by atoms with Gasteiger partial charge in [0.1, 0.15) is 0 Å². The zero-order chi connectivity index (χ0) is 13.3. The quantitative estimate of drug-likeness (QED) is 0.739. The lowest BCUT2D eigenvalue weighted by molar-refractivity contribution is -0.0532. The van der Waals surface area contributed by atoms with Crippen LogP contribution in [0.25, 0.3) is 0 Å². The van der Waals surface area contributed by atoms with Crippen molar-refractivity contribution in [1.82, 2.24) is 0 Å². The molecule has 2 aliphatic rings. The molecule has 0 radical (unpaired) electrons. The Labute approximate surface area is 117 Å². The summed E-state index contributed by atoms with van der Waals surface area (Å²) in [6, 6.07) is 8.62. The minimum absolute atomic E-state index is 0.468. The summed E-state index contributed by atoms with van der Waals surface area (Å²) in [4.78, 5) is 0. The Balaban J connectivity index is 1.97. The van der Waals surface area contributed by atoms with Crippen LogP contribution in [0.4, 0.5) is 0 Å². The van der Waals surface area contributed by atoms with E-state index in [0.717, 1.165) is 25.2 Å². The SMILES string of the molecule is CC1CCCC(C2(O)CCCCc3ccccc32)C1. The van der Waals surface area contributed by atoms with Crippen molar-refractivity contribution >= 4 is 0 Å². The zero-order valence-corrected chi connectivity index (χ0v) is 12.1. The van der Waals surface area contributed by atoms with Gasteiger partial charge in [-0.3, -0.25) is 0 Å². The molecule has 1 N–H and O–H groups in total. The van der Waals surface area contributed by atoms with Gasteiger partial charge in [-0.25, -0.2) is 0 Å². The fraction of sp³-hybridized carbons (Fsp3) is 0.667. The lowest BCUT2D eigenvalue weighted by Gasteiger charge is -2.41. The highest BCUT2D eigenvalue weighted by molar-refractivity contribution is 5.34. The van der Waals surface area contributed by atoms with Crippen LogP contribution in [0.1, 0.15) is 63.0 Å². The van der Waals surface area contributed by atoms with Gasteiger partial charge < -0.3 is 5.11 Å². The van der Waals surface area contributed by atoms with Gasteiger partial charge in [0, 0.05) is 0 Å². The number of fused-ring (bicyclic) bond motifs is 1. The maximum Gasteiger partial charge on any atom is 0.0927 e. The summed E-state index contributed by atoms with van der Waals surface area (Å²) in [6.45, 7) is 2.35. The smallest absolute Gasteiger partial charge is 0.0927 e. The summed E-state index contributed by atoms with van der Waals surface area (Å²) in [5, 5.41) is 11.4. The average Bonchev–Trinajstić information content (AvgIpc) is 2.60. The van der Waals surface area contributed by atoms with Crippen LogP contribution in [0, 0.1) is 11.8 Å². The highest BCUT2D eigenvalue weighted by Gasteiger charge is 2.41. The summed E-state index contributed by atoms with van der Waals surface area (Å²) < 4.78 is 0. The van der Waals surface area contributed by atoms with Crippen LogP contribution < -0.4 is 0 Å². The first-order valence-corrected chi connectivity index (χ1v) is 8.01. The molecular formula is C18H26O. The maximum absolute atomic E-state index is 11.4. The van der Waals surface area contributed by atoms with Gasteiger partial charge in [-0.2, -0.15) is 0 Å². The van der Waals surface area contributed by atoms with Gasteiger partial charge in [-0.05, 0) is 61.5 Å². The molecule has 0 heterocycles. The standard InChI is InChI=1S/C18H26O/c1-14-7-6-10-16(13-14)18(19)12-5-4-9-15-8-2-3-11-17(15)18/h2-3,8,11,14,16,19H,4-7,9-10,12-13H2,1H3. The molecule has 0 aromatic heterocycles. The largest absolute Gasteiger partial charge is 0.385 e. The van der Waals surface area contributed by atoms with E-state index in [2.05, 4.69) is 31.2 Å². The van der Waals surface area contributed by atoms with Gasteiger partial charge >= 0.3 is 0 Å². The van der Waals surface area contributed by atoms with Crippen molar-refractivity contribution in [3.05, 3.63) is 35.4 Å². The van der Waals surface area contributed by atoms with E-state index < -0.39 is 5.60 Å². The molecule has 0 amide bonds. The van der Waals surface area contributed by atoms with Gasteiger partial charge in [-0.15, -0.1) is 0 Å². The van der Waals surface area contributed by atoms with E-state index in [0.29, 0.717) is 5.92 Å². The molecule has 2 aliphatic carbocycles. The number of hydrogen-bond acceptors (Lipinski definition) is 1. The number of hydrogen-bond donors (Lipinski definition) is 1. The van der Waals surface area contributed by atoms with E-state index in [9.17, 15) is 5.11 Å². The highest BCUT2D eigenvalue weighted by Crippen LogP contribution is 2.46. The monoisotopic (exact) mass is 258 g/mol. The first kappa shape index (κ1) is 13.2. The first-order chi connectivity index (χ1) is 9.20. The van der Waals surface area contributed by atoms with Crippen LogP contribution in [0.2, 0.25) is 0 Å². The van der Waals surface area contributed by atoms with E-state index in [-0.39, 0.29) is 0 Å². The van der Waals surface area contributed by atoms with E-state index in [1.54, 1.807) is 0 Å². The summed E-state index contributed by atoms with van der Waals surface area (Å²) >= 11 is 0. The molecular weight excluding hydrogens is 232 g/mol. The molecule has 0 spiro atoms. The average molecular weight is 258 g/mol. The molecule has 1 aromatic carbocycles. The molecule has 1 aromatic rings. The first-order valence-electron chi connectivity index (χ1n) is 8.01. The predicted molar refractivity (Wildman–Crippen MR) is 79.0 cm³/mol. The van der Waals surface area contributed by atoms with Gasteiger partial charge in [0.05, 0.1) is 5.60 Å². The third-order valence-corrected chi connectivity index (χ3v) is 5.35. The molecule has 0 saturated heterocycles. The number of benzene rings is 1. The minimum Gasteiger partial charge on any atom is -0.385 e. The molecule has 3 atom stereocenters. The molecule has 0 aliphatic heterocycles. The Morgan fingerprint density at radius 3 is 2.79 bits per heavy atom. The van der Waals surface area contributed by atoms with Crippen LogP contribution in [-0.4, -0.2) is 5.11 Å². The van der Waals surface area contributed by atoms with Gasteiger partial charge in [0.25, 0.3) is 0 Å². The molecule has 1 fully saturated rings. The molecule has 3 rings (SSSR count). The van der Waals surface area contributed by atoms with E-state index in [4.69, 9.17) is 0 Å². The highest BCUT2D eigenvalue weighted by atomic mass is 16.3. The third-order valence-electron chi connectivity index (χ3n) is 5.35. The van der Waals surface area contributed by atoms with Crippen molar-refractivity contribution in [2.45, 2.75) is 63.9 Å². The van der Waals surface area contributed by atoms with E-state index in [1.165, 1.54) is 43.2 Å². The minimum atomic E-state index is -0.554. The number of aryl methyl sites for hydroxylation is 1. The topological polar surface area (TPSA) is 20.2 Å². The van der Waals surface area contributed by atoms with Gasteiger partial charge in [-0.1, -0.05) is 44.0 Å². The second-order valence-corrected chi connectivity index (χ2v) is 6.76. The predicted octanol–water partition coefficient (Wildman–Crippen LogP) is 4.43. The van der Waals surface area contributed by atoms with Crippen LogP contribution in [0.15, 0.2) is 24.3 Å². The Bertz CT molecular complexity index is 439. The van der Waals surface area contributed by atoms with Crippen LogP contribution in [-0.2, 0) is 12.0 Å². The van der Waals surface area contributed by atoms with Crippen molar-refractivity contribution in [1.29, 1.82) is 0 Å². The molecule has 19 heavy (non-hydrogen) atoms. The van der Waals surface area contributed by atoms with Crippen LogP contribution >= 0.6 is 0 Å². The van der Waals surface area contributed by atoms with Crippen molar-refractivity contribution in [2.75, 3.05) is 0 Å².